The fourth-order valence-corrected chi connectivity index (χ4v) is 7.05. The molecule has 0 heterocycles. The molecule has 0 aliphatic carbocycles. The van der Waals surface area contributed by atoms with E-state index in [4.69, 9.17) is 11.5 Å². The van der Waals surface area contributed by atoms with Crippen LogP contribution in [0.25, 0.3) is 0 Å². The number of hydrogen-bond acceptors (Lipinski definition) is 2. The van der Waals surface area contributed by atoms with Crippen LogP contribution in [0.5, 0.6) is 0 Å². The average molecular weight is 603 g/mol. The molecule has 0 fully saturated rings. The number of nitrogen functional groups attached to an aromatic ring is 2. The van der Waals surface area contributed by atoms with Gasteiger partial charge in [0.25, 0.3) is 0 Å². The van der Waals surface area contributed by atoms with Crippen LogP contribution in [0.3, 0.4) is 0 Å². The molecular weight excluding hydrogens is 544 g/mol. The van der Waals surface area contributed by atoms with Crippen LogP contribution in [0, 0.1) is 13.8 Å². The van der Waals surface area contributed by atoms with Gasteiger partial charge in [-0.25, -0.2) is 0 Å². The molecular formula is C43H58N2. The second-order valence-electron chi connectivity index (χ2n) is 13.4. The maximum absolute atomic E-state index is 6.07. The van der Waals surface area contributed by atoms with Gasteiger partial charge in [-0.1, -0.05) is 119 Å². The molecule has 0 radical (unpaired) electrons. The van der Waals surface area contributed by atoms with Crippen LogP contribution in [0.2, 0.25) is 0 Å². The van der Waals surface area contributed by atoms with Crippen molar-refractivity contribution in [2.45, 2.75) is 123 Å². The smallest absolute Gasteiger partial charge is 0.0316 e. The van der Waals surface area contributed by atoms with Gasteiger partial charge in [-0.3, -0.25) is 0 Å². The highest BCUT2D eigenvalue weighted by Gasteiger charge is 2.18. The minimum atomic E-state index is 0.444. The third-order valence-electron chi connectivity index (χ3n) is 9.73. The SMILES string of the molecule is CCCCCC(c1ccc(CCCCCc2ccc(C(CCCCC)c3ccc(N)cc3C)cc2)cc1)c1ccc(N)cc1C. The van der Waals surface area contributed by atoms with E-state index < -0.39 is 0 Å². The van der Waals surface area contributed by atoms with E-state index in [0.717, 1.165) is 24.2 Å². The van der Waals surface area contributed by atoms with Crippen molar-refractivity contribution < 1.29 is 0 Å². The molecule has 0 bridgehead atoms. The first-order valence-corrected chi connectivity index (χ1v) is 17.8. The molecule has 4 N–H and O–H groups in total. The molecule has 0 aliphatic rings. The normalized spacial score (nSPS) is 12.7. The van der Waals surface area contributed by atoms with Crippen molar-refractivity contribution in [2.24, 2.45) is 0 Å². The van der Waals surface area contributed by atoms with Crippen molar-refractivity contribution in [2.75, 3.05) is 11.5 Å². The maximum Gasteiger partial charge on any atom is 0.0316 e. The van der Waals surface area contributed by atoms with Crippen molar-refractivity contribution in [3.05, 3.63) is 129 Å². The fourth-order valence-electron chi connectivity index (χ4n) is 7.05. The van der Waals surface area contributed by atoms with Crippen LogP contribution >= 0.6 is 0 Å². The summed E-state index contributed by atoms with van der Waals surface area (Å²) >= 11 is 0. The van der Waals surface area contributed by atoms with Crippen molar-refractivity contribution >= 4 is 11.4 Å². The number of anilines is 2. The molecule has 4 rings (SSSR count). The largest absolute Gasteiger partial charge is 0.399 e. The lowest BCUT2D eigenvalue weighted by Crippen LogP contribution is -2.05. The van der Waals surface area contributed by atoms with E-state index in [9.17, 15) is 0 Å². The number of rotatable bonds is 18. The topological polar surface area (TPSA) is 52.0 Å². The minimum Gasteiger partial charge on any atom is -0.399 e. The van der Waals surface area contributed by atoms with E-state index in [1.807, 2.05) is 0 Å². The molecule has 2 heteroatoms. The average Bonchev–Trinajstić information content (AvgIpc) is 3.03. The molecule has 0 saturated heterocycles. The Morgan fingerprint density at radius 3 is 1.22 bits per heavy atom. The molecule has 0 spiro atoms. The highest BCUT2D eigenvalue weighted by Crippen LogP contribution is 2.35. The molecule has 0 aliphatic heterocycles. The van der Waals surface area contributed by atoms with E-state index >= 15 is 0 Å². The summed E-state index contributed by atoms with van der Waals surface area (Å²) in [5.41, 5.74) is 25.1. The lowest BCUT2D eigenvalue weighted by molar-refractivity contribution is 0.616. The molecule has 4 aromatic rings. The van der Waals surface area contributed by atoms with Crippen molar-refractivity contribution in [1.82, 2.24) is 0 Å². The Bertz CT molecular complexity index is 1320. The van der Waals surface area contributed by atoms with Gasteiger partial charge in [0.05, 0.1) is 0 Å². The Kier molecular flexibility index (Phi) is 13.6. The fraction of sp³-hybridized carbons (Fsp3) is 0.442. The Morgan fingerprint density at radius 1 is 0.467 bits per heavy atom. The van der Waals surface area contributed by atoms with Crippen LogP contribution in [0.15, 0.2) is 84.9 Å². The Hall–Kier alpha value is -3.52. The zero-order valence-corrected chi connectivity index (χ0v) is 28.6. The van der Waals surface area contributed by atoms with Gasteiger partial charge in [-0.2, -0.15) is 0 Å². The van der Waals surface area contributed by atoms with Gasteiger partial charge in [-0.15, -0.1) is 0 Å². The Balaban J connectivity index is 1.28. The summed E-state index contributed by atoms with van der Waals surface area (Å²) in [5.74, 6) is 0.888. The highest BCUT2D eigenvalue weighted by atomic mass is 14.5. The van der Waals surface area contributed by atoms with Gasteiger partial charge in [0.1, 0.15) is 0 Å². The molecule has 0 saturated carbocycles. The van der Waals surface area contributed by atoms with E-state index in [0.29, 0.717) is 11.8 Å². The summed E-state index contributed by atoms with van der Waals surface area (Å²) in [6, 6.07) is 31.9. The molecule has 2 unspecified atom stereocenters. The van der Waals surface area contributed by atoms with Gasteiger partial charge >= 0.3 is 0 Å². The van der Waals surface area contributed by atoms with Gasteiger partial charge in [0, 0.05) is 23.2 Å². The van der Waals surface area contributed by atoms with Crippen LogP contribution in [0.4, 0.5) is 11.4 Å². The Morgan fingerprint density at radius 2 is 0.867 bits per heavy atom. The lowest BCUT2D eigenvalue weighted by Gasteiger charge is -2.21. The zero-order chi connectivity index (χ0) is 32.0. The van der Waals surface area contributed by atoms with E-state index in [-0.39, 0.29) is 0 Å². The van der Waals surface area contributed by atoms with Crippen molar-refractivity contribution in [3.8, 4) is 0 Å². The molecule has 240 valence electrons. The summed E-state index contributed by atoms with van der Waals surface area (Å²) in [5, 5.41) is 0. The van der Waals surface area contributed by atoms with Gasteiger partial charge in [0.15, 0.2) is 0 Å². The number of benzene rings is 4. The maximum atomic E-state index is 6.07. The Labute approximate surface area is 274 Å². The highest BCUT2D eigenvalue weighted by molar-refractivity contribution is 5.49. The lowest BCUT2D eigenvalue weighted by atomic mass is 9.84. The third-order valence-corrected chi connectivity index (χ3v) is 9.73. The molecule has 2 nitrogen and oxygen atoms in total. The first-order valence-electron chi connectivity index (χ1n) is 17.8. The molecule has 0 aromatic heterocycles. The summed E-state index contributed by atoms with van der Waals surface area (Å²) in [4.78, 5) is 0. The number of aryl methyl sites for hydroxylation is 4. The molecule has 45 heavy (non-hydrogen) atoms. The second kappa shape index (κ2) is 17.8. The predicted molar refractivity (Wildman–Crippen MR) is 197 cm³/mol. The van der Waals surface area contributed by atoms with Crippen LogP contribution in [0.1, 0.15) is 141 Å². The van der Waals surface area contributed by atoms with Gasteiger partial charge in [-0.05, 0) is 121 Å². The molecule has 0 amide bonds. The van der Waals surface area contributed by atoms with E-state index in [1.54, 1.807) is 0 Å². The second-order valence-corrected chi connectivity index (χ2v) is 13.4. The van der Waals surface area contributed by atoms with E-state index in [1.165, 1.54) is 115 Å². The van der Waals surface area contributed by atoms with Crippen molar-refractivity contribution in [3.63, 3.8) is 0 Å². The molecule has 4 aromatic carbocycles. The summed E-state index contributed by atoms with van der Waals surface area (Å²) in [6.07, 6.45) is 16.0. The minimum absolute atomic E-state index is 0.444. The van der Waals surface area contributed by atoms with E-state index in [2.05, 4.69) is 113 Å². The van der Waals surface area contributed by atoms with Gasteiger partial charge in [0.2, 0.25) is 0 Å². The summed E-state index contributed by atoms with van der Waals surface area (Å²) in [6.45, 7) is 8.97. The number of hydrogen-bond donors (Lipinski definition) is 2. The summed E-state index contributed by atoms with van der Waals surface area (Å²) in [7, 11) is 0. The van der Waals surface area contributed by atoms with Gasteiger partial charge < -0.3 is 11.5 Å². The molecule has 2 atom stereocenters. The first-order chi connectivity index (χ1) is 21.9. The predicted octanol–water partition coefficient (Wildman–Crippen LogP) is 11.8. The monoisotopic (exact) mass is 602 g/mol. The third kappa shape index (κ3) is 10.2. The summed E-state index contributed by atoms with van der Waals surface area (Å²) < 4.78 is 0. The van der Waals surface area contributed by atoms with Crippen LogP contribution in [-0.4, -0.2) is 0 Å². The zero-order valence-electron chi connectivity index (χ0n) is 28.6. The van der Waals surface area contributed by atoms with Crippen LogP contribution < -0.4 is 11.5 Å². The standard InChI is InChI=1S/C43H58N2/c1-5-7-10-16-42(40-28-26-38(44)30-32(40)3)36-22-18-34(19-23-36)14-12-9-13-15-35-20-24-37(25-21-35)43(17-11-8-6-2)41-29-27-39(45)31-33(41)4/h18-31,42-43H,5-17,44-45H2,1-4H3. The number of nitrogens with two attached hydrogens (primary N) is 2. The quantitative estimate of drug-likeness (QED) is 0.0879. The first kappa shape index (κ1) is 34.4. The van der Waals surface area contributed by atoms with Crippen molar-refractivity contribution in [1.29, 1.82) is 0 Å². The van der Waals surface area contributed by atoms with Crippen LogP contribution in [-0.2, 0) is 12.8 Å². The number of unbranched alkanes of at least 4 members (excludes halogenated alkanes) is 6.